The van der Waals surface area contributed by atoms with Gasteiger partial charge in [-0.05, 0) is 48.5 Å². The fourth-order valence-corrected chi connectivity index (χ4v) is 11.2. The molecule has 0 saturated heterocycles. The van der Waals surface area contributed by atoms with Gasteiger partial charge in [0.15, 0.2) is 5.90 Å². The second kappa shape index (κ2) is 34.4. The Hall–Kier alpha value is -2.62. The van der Waals surface area contributed by atoms with E-state index in [1.165, 1.54) is 27.1 Å². The van der Waals surface area contributed by atoms with Gasteiger partial charge in [-0.2, -0.15) is 0 Å². The van der Waals surface area contributed by atoms with E-state index in [2.05, 4.69) is 155 Å². The first kappa shape index (κ1) is 47.2. The van der Waals surface area contributed by atoms with Crippen molar-refractivity contribution in [3.05, 3.63) is 129 Å². The number of carbonyl (C=O) groups excluding carboxylic acids is 5. The summed E-state index contributed by atoms with van der Waals surface area (Å²) in [6, 6.07) is 44.5. The van der Waals surface area contributed by atoms with Crippen molar-refractivity contribution in [1.29, 1.82) is 0 Å². The summed E-state index contributed by atoms with van der Waals surface area (Å²) in [5.74, 6) is 1.25. The number of rotatable bonds is 6. The normalized spacial score (nSPS) is 7.95. The molecule has 0 aromatic heterocycles. The monoisotopic (exact) mass is 835 g/mol. The molecule has 4 rings (SSSR count). The average molecular weight is 834 g/mol. The van der Waals surface area contributed by atoms with Crippen LogP contribution in [0.25, 0.3) is 0 Å². The molecule has 0 aliphatic rings. The zero-order valence-corrected chi connectivity index (χ0v) is 28.4. The van der Waals surface area contributed by atoms with Crippen molar-refractivity contribution in [2.75, 3.05) is 5.90 Å². The molecule has 9 heteroatoms. The molecule has 4 aromatic rings. The summed E-state index contributed by atoms with van der Waals surface area (Å²) in [5.41, 5.74) is 0. The van der Waals surface area contributed by atoms with Crippen molar-refractivity contribution >= 4 is 71.0 Å². The maximum atomic E-state index is 7.75. The molecule has 5 nitrogen and oxygen atoms in total. The summed E-state index contributed by atoms with van der Waals surface area (Å²) < 4.78 is 0. The van der Waals surface area contributed by atoms with Crippen molar-refractivity contribution in [3.63, 3.8) is 0 Å². The van der Waals surface area contributed by atoms with Crippen molar-refractivity contribution < 1.29 is 63.9 Å². The van der Waals surface area contributed by atoms with Crippen molar-refractivity contribution in [3.8, 4) is 0 Å². The molecule has 0 aliphatic heterocycles. The molecule has 0 bridgehead atoms. The van der Waals surface area contributed by atoms with Gasteiger partial charge in [-0.1, -0.05) is 72.8 Å². The van der Waals surface area contributed by atoms with Crippen LogP contribution in [0.15, 0.2) is 121 Å². The predicted molar refractivity (Wildman–Crippen MR) is 166 cm³/mol. The Kier molecular flexibility index (Phi) is 40.6. The number of hydrogen-bond donors (Lipinski definition) is 0. The second-order valence-electron chi connectivity index (χ2n) is 6.60. The van der Waals surface area contributed by atoms with Crippen LogP contribution in [0.5, 0.6) is 0 Å². The van der Waals surface area contributed by atoms with Gasteiger partial charge in [0.05, 0.1) is 0 Å². The minimum Gasteiger partial charge on any atom is -0.545 e. The van der Waals surface area contributed by atoms with Gasteiger partial charge in [-0.25, -0.2) is 0 Å². The van der Waals surface area contributed by atoms with Crippen LogP contribution >= 0.6 is 15.8 Å². The van der Waals surface area contributed by atoms with Gasteiger partial charge < -0.3 is 31.4 Å². The summed E-state index contributed by atoms with van der Waals surface area (Å²) >= 11 is 0. The van der Waals surface area contributed by atoms with E-state index in [0.29, 0.717) is 0 Å². The van der Waals surface area contributed by atoms with Crippen LogP contribution in [0.1, 0.15) is 0 Å². The van der Waals surface area contributed by atoms with Gasteiger partial charge in [-0.3, -0.25) is 33.9 Å². The van der Waals surface area contributed by atoms with E-state index in [0.717, 1.165) is 0 Å². The molecule has 2 radical (unpaired) electrons. The van der Waals surface area contributed by atoms with Crippen molar-refractivity contribution in [2.24, 2.45) is 0 Å². The van der Waals surface area contributed by atoms with Gasteiger partial charge in [0.25, 0.3) is 0 Å². The Morgan fingerprint density at radius 2 is 0.525 bits per heavy atom. The molecular weight excluding hydrogens is 802 g/mol. The minimum absolute atomic E-state index is 0. The van der Waals surface area contributed by atoms with Gasteiger partial charge in [0, 0.05) is 20.4 Å². The topological polar surface area (TPSA) is 85.3 Å². The van der Waals surface area contributed by atoms with Crippen LogP contribution in [0.2, 0.25) is 0 Å². The summed E-state index contributed by atoms with van der Waals surface area (Å²) in [5, 5.41) is 6.01. The van der Waals surface area contributed by atoms with E-state index in [9.17, 15) is 0 Å². The Balaban J connectivity index is -0.000000285. The van der Waals surface area contributed by atoms with Gasteiger partial charge in [0.2, 0.25) is 0 Å². The van der Waals surface area contributed by atoms with Gasteiger partial charge >= 0.3 is 19.5 Å². The second-order valence-corrected chi connectivity index (χ2v) is 12.2. The van der Waals surface area contributed by atoms with Crippen LogP contribution in [-0.2, 0) is 63.9 Å². The third-order valence-corrected chi connectivity index (χ3v) is 11.8. The molecule has 0 N–H and O–H groups in total. The van der Waals surface area contributed by atoms with Crippen LogP contribution in [-0.4, -0.2) is 39.8 Å². The molecule has 0 saturated carbocycles. The third-order valence-electron chi connectivity index (χ3n) is 4.84. The van der Waals surface area contributed by atoms with Gasteiger partial charge in [-0.15, -0.1) is 0 Å². The van der Waals surface area contributed by atoms with E-state index in [1.807, 2.05) is 0 Å². The summed E-state index contributed by atoms with van der Waals surface area (Å²) in [6.07, 6.45) is 0. The van der Waals surface area contributed by atoms with E-state index in [1.54, 1.807) is 0 Å². The first-order chi connectivity index (χ1) is 18.4. The molecule has 212 valence electrons. The quantitative estimate of drug-likeness (QED) is 0.128. The van der Waals surface area contributed by atoms with E-state index < -0.39 is 15.8 Å². The van der Waals surface area contributed by atoms with Gasteiger partial charge in [0.1, 0.15) is 37.1 Å². The Morgan fingerprint density at radius 3 is 0.675 bits per heavy atom. The smallest absolute Gasteiger partial charge is 0.545 e. The maximum absolute atomic E-state index is 7.75. The molecule has 40 heavy (non-hydrogen) atoms. The Bertz CT molecular complexity index is 881. The molecule has 0 amide bonds. The standard InChI is InChI=1S/C25H22P2.5CHO.CH3.Re.Ru/c1-5-13-22(14-6-1)26(23-15-7-2-8-16-23)21-27(24-17-9-3-10-18-24)25-19-11-4-12-20-25;5*1-2;;;/h1-20H,21H2;5*1H;1H3;;/q;6*-1;;+3/p+2. The SMILES string of the molecule is [CH-]=O.[CH-]=O.[CH-]=O.[CH-]=O.[CH-]=O.[CH3-].[Re].[Ru+3].c1ccc([PH+](C[PH+](c2ccccc2)c2ccccc2)c2ccccc2)cc1. The molecular formula is C31H32O5P2ReRu-. The molecule has 0 atom stereocenters. The van der Waals surface area contributed by atoms with Crippen LogP contribution in [0.4, 0.5) is 0 Å². The average Bonchev–Trinajstić information content (AvgIpc) is 3.04. The largest absolute Gasteiger partial charge is 3.00 e. The first-order valence-corrected chi connectivity index (χ1v) is 13.9. The van der Waals surface area contributed by atoms with Crippen LogP contribution < -0.4 is 21.2 Å². The third kappa shape index (κ3) is 17.1. The molecule has 0 fully saturated rings. The summed E-state index contributed by atoms with van der Waals surface area (Å²) in [6.45, 7) is 16.2. The number of benzene rings is 4. The first-order valence-electron chi connectivity index (χ1n) is 10.5. The minimum atomic E-state index is -0.847. The van der Waals surface area contributed by atoms with Crippen molar-refractivity contribution in [2.45, 2.75) is 0 Å². The predicted octanol–water partition coefficient (Wildman–Crippen LogP) is 3.75. The van der Waals surface area contributed by atoms with E-state index in [-0.39, 0.29) is 47.3 Å². The van der Waals surface area contributed by atoms with E-state index in [4.69, 9.17) is 24.0 Å². The summed E-state index contributed by atoms with van der Waals surface area (Å²) in [7, 11) is -1.69. The van der Waals surface area contributed by atoms with Crippen LogP contribution in [0, 0.1) is 7.43 Å². The fraction of sp³-hybridized carbons (Fsp3) is 0.0323. The molecule has 0 spiro atoms. The molecule has 0 heterocycles. The van der Waals surface area contributed by atoms with Crippen LogP contribution in [0.3, 0.4) is 0 Å². The molecule has 0 unspecified atom stereocenters. The Morgan fingerprint density at radius 1 is 0.375 bits per heavy atom. The molecule has 4 aromatic carbocycles. The zero-order chi connectivity index (χ0) is 28.3. The number of hydrogen-bond acceptors (Lipinski definition) is 5. The van der Waals surface area contributed by atoms with E-state index >= 15 is 0 Å². The fourth-order valence-electron chi connectivity index (χ4n) is 3.48. The maximum Gasteiger partial charge on any atom is 3.00 e. The van der Waals surface area contributed by atoms with Crippen molar-refractivity contribution in [1.82, 2.24) is 0 Å². The zero-order valence-electron chi connectivity index (χ0n) is 21.9. The summed E-state index contributed by atoms with van der Waals surface area (Å²) in [4.78, 5) is 38.8. The Labute approximate surface area is 268 Å². The molecule has 0 aliphatic carbocycles.